The molecule has 1 aliphatic heterocycles. The first-order valence-corrected chi connectivity index (χ1v) is 17.5. The summed E-state index contributed by atoms with van der Waals surface area (Å²) < 4.78 is 38.5. The highest BCUT2D eigenvalue weighted by Crippen LogP contribution is 2.39. The summed E-state index contributed by atoms with van der Waals surface area (Å²) in [6.07, 6.45) is -0.920. The molecule has 1 fully saturated rings. The van der Waals surface area contributed by atoms with Gasteiger partial charge in [-0.3, -0.25) is 14.4 Å². The van der Waals surface area contributed by atoms with Gasteiger partial charge in [0.2, 0.25) is 14.8 Å². The van der Waals surface area contributed by atoms with Crippen molar-refractivity contribution in [3.05, 3.63) is 132 Å². The lowest BCUT2D eigenvalue weighted by Crippen LogP contribution is -2.74. The molecule has 0 saturated carbocycles. The lowest BCUT2D eigenvalue weighted by atomic mass is 9.99. The van der Waals surface area contributed by atoms with E-state index in [1.807, 2.05) is 0 Å². The number of hydrogen-bond acceptors (Lipinski definition) is 9. The van der Waals surface area contributed by atoms with E-state index in [4.69, 9.17) is 9.47 Å². The standard InChI is InChI=1S/C35H32N2O8S2/c1-23-18-20-28(21-19-23)47(42,43)46-34-30(36-29(39)22-44-27-16-10-5-11-17-27)33(40)37(34)31(24(2)38)35(41)45-32(25-12-6-3-7-13-25)26-14-8-4-9-15-26/h3-21,30-32,34H,22H2,1-2H3,(H,36,39). The lowest BCUT2D eigenvalue weighted by Gasteiger charge is -2.48. The van der Waals surface area contributed by atoms with Crippen molar-refractivity contribution in [1.29, 1.82) is 0 Å². The number of nitrogens with one attached hydrogen (secondary N) is 1. The third kappa shape index (κ3) is 7.90. The second-order valence-corrected chi connectivity index (χ2v) is 14.7. The summed E-state index contributed by atoms with van der Waals surface area (Å²) in [5, 5.41) is 1.18. The normalized spacial score (nSPS) is 16.6. The van der Waals surface area contributed by atoms with Gasteiger partial charge in [-0.25, -0.2) is 13.2 Å². The van der Waals surface area contributed by atoms with Crippen LogP contribution in [0.1, 0.15) is 29.7 Å². The molecular formula is C35H32N2O8S2. The van der Waals surface area contributed by atoms with Crippen molar-refractivity contribution < 1.29 is 37.1 Å². The summed E-state index contributed by atoms with van der Waals surface area (Å²) in [6.45, 7) is 2.47. The molecule has 1 saturated heterocycles. The average Bonchev–Trinajstić information content (AvgIpc) is 3.08. The van der Waals surface area contributed by atoms with Gasteiger partial charge in [-0.05, 0) is 49.2 Å². The molecule has 0 bridgehead atoms. The van der Waals surface area contributed by atoms with Crippen molar-refractivity contribution >= 4 is 43.2 Å². The first-order chi connectivity index (χ1) is 22.5. The van der Waals surface area contributed by atoms with Crippen molar-refractivity contribution in [2.24, 2.45) is 0 Å². The van der Waals surface area contributed by atoms with E-state index in [0.29, 0.717) is 27.7 Å². The van der Waals surface area contributed by atoms with E-state index in [0.717, 1.165) is 17.4 Å². The zero-order chi connectivity index (χ0) is 33.6. The molecule has 12 heteroatoms. The predicted octanol–water partition coefficient (Wildman–Crippen LogP) is 4.44. The van der Waals surface area contributed by atoms with E-state index in [9.17, 15) is 27.6 Å². The zero-order valence-corrected chi connectivity index (χ0v) is 27.1. The zero-order valence-electron chi connectivity index (χ0n) is 25.5. The molecule has 4 aromatic rings. The molecule has 0 aromatic heterocycles. The summed E-state index contributed by atoms with van der Waals surface area (Å²) in [5.41, 5.74) is 2.09. The Morgan fingerprint density at radius 1 is 0.830 bits per heavy atom. The van der Waals surface area contributed by atoms with Crippen LogP contribution in [-0.4, -0.2) is 60.9 Å². The second-order valence-electron chi connectivity index (χ2n) is 10.8. The first kappa shape index (κ1) is 33.4. The molecule has 2 amide bonds. The molecule has 3 atom stereocenters. The Hall–Kier alpha value is -4.94. The number of amides is 2. The van der Waals surface area contributed by atoms with Crippen molar-refractivity contribution in [1.82, 2.24) is 10.2 Å². The molecule has 0 spiro atoms. The Kier molecular flexibility index (Phi) is 10.4. The number of carbonyl (C=O) groups excluding carboxylic acids is 4. The molecule has 3 unspecified atom stereocenters. The SMILES string of the molecule is CC(=O)C(C(=O)OC(c1ccccc1)c1ccccc1)N1C(=O)C(NC(=O)COc2ccccc2)C1SS(=O)(=O)c1ccc(C)cc1. The Morgan fingerprint density at radius 2 is 1.36 bits per heavy atom. The minimum Gasteiger partial charge on any atom is -0.484 e. The van der Waals surface area contributed by atoms with E-state index in [1.165, 1.54) is 12.1 Å². The Bertz CT molecular complexity index is 1800. The maximum atomic E-state index is 13.8. The molecule has 4 aromatic carbocycles. The number of hydrogen-bond donors (Lipinski definition) is 1. The summed E-state index contributed by atoms with van der Waals surface area (Å²) in [7, 11) is -3.77. The molecule has 5 rings (SSSR count). The molecule has 1 N–H and O–H groups in total. The Labute approximate surface area is 276 Å². The van der Waals surface area contributed by atoms with Gasteiger partial charge >= 0.3 is 5.97 Å². The Balaban J connectivity index is 1.43. The largest absolute Gasteiger partial charge is 0.484 e. The third-order valence-corrected chi connectivity index (χ3v) is 11.1. The van der Waals surface area contributed by atoms with Gasteiger partial charge in [0, 0.05) is 10.8 Å². The van der Waals surface area contributed by atoms with Crippen LogP contribution in [0, 0.1) is 6.92 Å². The molecule has 1 heterocycles. The van der Waals surface area contributed by atoms with Crippen LogP contribution < -0.4 is 10.1 Å². The topological polar surface area (TPSA) is 136 Å². The van der Waals surface area contributed by atoms with Crippen LogP contribution in [-0.2, 0) is 32.8 Å². The van der Waals surface area contributed by atoms with Gasteiger partial charge in [-0.15, -0.1) is 0 Å². The van der Waals surface area contributed by atoms with E-state index in [1.54, 1.807) is 110 Å². The smallest absolute Gasteiger partial charge is 0.337 e. The van der Waals surface area contributed by atoms with Crippen LogP contribution in [0.3, 0.4) is 0 Å². The number of nitrogens with zero attached hydrogens (tertiary/aromatic N) is 1. The number of carbonyl (C=O) groups is 4. The molecule has 1 aliphatic rings. The third-order valence-electron chi connectivity index (χ3n) is 7.37. The quantitative estimate of drug-likeness (QED) is 0.0947. The fourth-order valence-electron chi connectivity index (χ4n) is 5.01. The van der Waals surface area contributed by atoms with Gasteiger partial charge in [0.1, 0.15) is 17.2 Å². The van der Waals surface area contributed by atoms with Crippen LogP contribution in [0.15, 0.2) is 120 Å². The summed E-state index contributed by atoms with van der Waals surface area (Å²) >= 11 is 0. The van der Waals surface area contributed by atoms with Gasteiger partial charge in [0.05, 0.1) is 4.90 Å². The fourth-order valence-corrected chi connectivity index (χ4v) is 8.52. The minimum atomic E-state index is -4.13. The van der Waals surface area contributed by atoms with Crippen molar-refractivity contribution in [3.8, 4) is 5.75 Å². The van der Waals surface area contributed by atoms with Crippen LogP contribution in [0.25, 0.3) is 0 Å². The minimum absolute atomic E-state index is 0.0416. The molecule has 47 heavy (non-hydrogen) atoms. The van der Waals surface area contributed by atoms with Crippen LogP contribution in [0.5, 0.6) is 5.75 Å². The fraction of sp³-hybridized carbons (Fsp3) is 0.200. The highest BCUT2D eigenvalue weighted by molar-refractivity contribution is 8.72. The predicted molar refractivity (Wildman–Crippen MR) is 176 cm³/mol. The summed E-state index contributed by atoms with van der Waals surface area (Å²) in [4.78, 5) is 54.2. The van der Waals surface area contributed by atoms with Gasteiger partial charge in [0.25, 0.3) is 5.91 Å². The maximum Gasteiger partial charge on any atom is 0.337 e. The lowest BCUT2D eigenvalue weighted by molar-refractivity contribution is -0.169. The van der Waals surface area contributed by atoms with Gasteiger partial charge < -0.3 is 19.7 Å². The van der Waals surface area contributed by atoms with Crippen LogP contribution >= 0.6 is 10.8 Å². The number of esters is 1. The number of benzene rings is 4. The number of aryl methyl sites for hydroxylation is 1. The number of rotatable bonds is 13. The van der Waals surface area contributed by atoms with Crippen LogP contribution in [0.4, 0.5) is 0 Å². The van der Waals surface area contributed by atoms with Crippen molar-refractivity contribution in [3.63, 3.8) is 0 Å². The van der Waals surface area contributed by atoms with Gasteiger partial charge in [0.15, 0.2) is 24.5 Å². The van der Waals surface area contributed by atoms with E-state index >= 15 is 0 Å². The molecule has 242 valence electrons. The average molecular weight is 673 g/mol. The van der Waals surface area contributed by atoms with Gasteiger partial charge in [-0.2, -0.15) is 0 Å². The number of para-hydroxylation sites is 1. The number of β-lactam (4-membered cyclic amide) rings is 1. The van der Waals surface area contributed by atoms with Crippen LogP contribution in [0.2, 0.25) is 0 Å². The maximum absolute atomic E-state index is 13.8. The highest BCUT2D eigenvalue weighted by Gasteiger charge is 2.57. The second kappa shape index (κ2) is 14.7. The number of ketones is 1. The summed E-state index contributed by atoms with van der Waals surface area (Å²) in [5.74, 6) is -2.87. The molecule has 0 radical (unpaired) electrons. The molecule has 0 aliphatic carbocycles. The van der Waals surface area contributed by atoms with E-state index < -0.39 is 62.6 Å². The van der Waals surface area contributed by atoms with Gasteiger partial charge in [-0.1, -0.05) is 96.6 Å². The van der Waals surface area contributed by atoms with Crippen molar-refractivity contribution in [2.75, 3.05) is 6.61 Å². The highest BCUT2D eigenvalue weighted by atomic mass is 33.1. The number of ether oxygens (including phenoxy) is 2. The first-order valence-electron chi connectivity index (χ1n) is 14.7. The monoisotopic (exact) mass is 672 g/mol. The van der Waals surface area contributed by atoms with Crippen molar-refractivity contribution in [2.45, 2.75) is 42.3 Å². The molecule has 10 nitrogen and oxygen atoms in total. The number of likely N-dealkylation sites (tertiary alicyclic amines) is 1. The summed E-state index contributed by atoms with van der Waals surface area (Å²) in [6, 6.07) is 29.2. The van der Waals surface area contributed by atoms with E-state index in [-0.39, 0.29) is 4.90 Å². The number of Topliss-reactive ketones (excluding diaryl/α,β-unsaturated/α-hetero) is 1. The Morgan fingerprint density at radius 3 is 1.89 bits per heavy atom. The van der Waals surface area contributed by atoms with E-state index in [2.05, 4.69) is 5.32 Å². The molecular weight excluding hydrogens is 641 g/mol.